The molecule has 1 heterocycles. The molecule has 0 radical (unpaired) electrons. The summed E-state index contributed by atoms with van der Waals surface area (Å²) in [6.45, 7) is 10.2. The zero-order chi connectivity index (χ0) is 15.5. The van der Waals surface area contributed by atoms with Gasteiger partial charge in [0.05, 0.1) is 32.1 Å². The first-order valence-corrected chi connectivity index (χ1v) is 8.00. The first-order valence-electron chi connectivity index (χ1n) is 7.19. The number of thiazole rings is 1. The van der Waals surface area contributed by atoms with Gasteiger partial charge in [-0.2, -0.15) is 0 Å². The fourth-order valence-electron chi connectivity index (χ4n) is 1.58. The third kappa shape index (κ3) is 7.40. The molecule has 120 valence electrons. The van der Waals surface area contributed by atoms with Crippen molar-refractivity contribution >= 4 is 17.3 Å². The molecule has 7 heteroatoms. The molecule has 0 unspecified atom stereocenters. The van der Waals surface area contributed by atoms with E-state index in [0.717, 1.165) is 23.2 Å². The number of hydrogen-bond donors (Lipinski definition) is 2. The second kappa shape index (κ2) is 10.5. The Hall–Kier alpha value is -1.18. The van der Waals surface area contributed by atoms with Crippen LogP contribution in [0.5, 0.6) is 0 Å². The molecule has 0 atom stereocenters. The average Bonchev–Trinajstić information content (AvgIpc) is 2.79. The predicted octanol–water partition coefficient (Wildman–Crippen LogP) is 1.48. The lowest BCUT2D eigenvalue weighted by Gasteiger charge is -2.11. The second-order valence-corrected chi connectivity index (χ2v) is 5.76. The molecule has 0 fully saturated rings. The summed E-state index contributed by atoms with van der Waals surface area (Å²) >= 11 is 1.70. The summed E-state index contributed by atoms with van der Waals surface area (Å²) < 4.78 is 10.3. The van der Waals surface area contributed by atoms with Crippen LogP contribution in [0.15, 0.2) is 4.99 Å². The van der Waals surface area contributed by atoms with Gasteiger partial charge in [0.15, 0.2) is 5.96 Å². The van der Waals surface area contributed by atoms with E-state index in [4.69, 9.17) is 9.47 Å². The highest BCUT2D eigenvalue weighted by atomic mass is 32.1. The highest BCUT2D eigenvalue weighted by molar-refractivity contribution is 7.11. The number of aryl methyl sites for hydroxylation is 2. The monoisotopic (exact) mass is 314 g/mol. The maximum absolute atomic E-state index is 5.40. The molecule has 1 aromatic heterocycles. The minimum absolute atomic E-state index is 0.596. The number of nitrogens with zero attached hydrogens (tertiary/aromatic N) is 2. The summed E-state index contributed by atoms with van der Waals surface area (Å²) in [5, 5.41) is 7.49. The minimum Gasteiger partial charge on any atom is -0.382 e. The molecule has 0 saturated carbocycles. The molecule has 0 amide bonds. The van der Waals surface area contributed by atoms with E-state index in [1.54, 1.807) is 18.4 Å². The van der Waals surface area contributed by atoms with Gasteiger partial charge in [-0.3, -0.25) is 0 Å². The highest BCUT2D eigenvalue weighted by Crippen LogP contribution is 2.16. The molecule has 0 bridgehead atoms. The normalized spacial score (nSPS) is 11.7. The largest absolute Gasteiger partial charge is 0.382 e. The standard InChI is InChI=1S/C14H26N4O2S/c1-5-15-14(16-6-7-20-9-8-19-4)17-10-13-18-11(2)12(3)21-13/h5-10H2,1-4H3,(H2,15,16,17). The summed E-state index contributed by atoms with van der Waals surface area (Å²) in [5.74, 6) is 0.790. The minimum atomic E-state index is 0.596. The SMILES string of the molecule is CCNC(=NCc1nc(C)c(C)s1)NCCOCCOC. The Bertz CT molecular complexity index is 415. The molecule has 6 nitrogen and oxygen atoms in total. The van der Waals surface area contributed by atoms with Crippen molar-refractivity contribution in [3.05, 3.63) is 15.6 Å². The van der Waals surface area contributed by atoms with Gasteiger partial charge in [0, 0.05) is 25.1 Å². The zero-order valence-electron chi connectivity index (χ0n) is 13.4. The molecule has 1 rings (SSSR count). The van der Waals surface area contributed by atoms with Crippen LogP contribution in [0.4, 0.5) is 0 Å². The maximum atomic E-state index is 5.40. The quantitative estimate of drug-likeness (QED) is 0.410. The zero-order valence-corrected chi connectivity index (χ0v) is 14.2. The number of ether oxygens (including phenoxy) is 2. The van der Waals surface area contributed by atoms with Crippen molar-refractivity contribution in [2.24, 2.45) is 4.99 Å². The lowest BCUT2D eigenvalue weighted by atomic mass is 10.4. The van der Waals surface area contributed by atoms with Crippen LogP contribution in [0.25, 0.3) is 0 Å². The Morgan fingerprint density at radius 1 is 1.24 bits per heavy atom. The molecular weight excluding hydrogens is 288 g/mol. The third-order valence-electron chi connectivity index (χ3n) is 2.76. The molecule has 0 saturated heterocycles. The van der Waals surface area contributed by atoms with Gasteiger partial charge in [-0.15, -0.1) is 11.3 Å². The fraction of sp³-hybridized carbons (Fsp3) is 0.714. The number of rotatable bonds is 9. The fourth-order valence-corrected chi connectivity index (χ4v) is 2.44. The van der Waals surface area contributed by atoms with E-state index < -0.39 is 0 Å². The van der Waals surface area contributed by atoms with Gasteiger partial charge >= 0.3 is 0 Å². The molecule has 0 aromatic carbocycles. The molecule has 21 heavy (non-hydrogen) atoms. The third-order valence-corrected chi connectivity index (χ3v) is 3.82. The molecule has 2 N–H and O–H groups in total. The van der Waals surface area contributed by atoms with E-state index in [9.17, 15) is 0 Å². The van der Waals surface area contributed by atoms with Crippen LogP contribution < -0.4 is 10.6 Å². The van der Waals surface area contributed by atoms with Crippen LogP contribution in [0.1, 0.15) is 22.5 Å². The number of methoxy groups -OCH3 is 1. The second-order valence-electron chi connectivity index (χ2n) is 4.48. The van der Waals surface area contributed by atoms with E-state index in [-0.39, 0.29) is 0 Å². The predicted molar refractivity (Wildman–Crippen MR) is 87.1 cm³/mol. The number of hydrogen-bond acceptors (Lipinski definition) is 5. The van der Waals surface area contributed by atoms with E-state index >= 15 is 0 Å². The van der Waals surface area contributed by atoms with Gasteiger partial charge < -0.3 is 20.1 Å². The van der Waals surface area contributed by atoms with Crippen molar-refractivity contribution < 1.29 is 9.47 Å². The van der Waals surface area contributed by atoms with Gasteiger partial charge in [-0.25, -0.2) is 9.98 Å². The molecule has 0 aliphatic carbocycles. The van der Waals surface area contributed by atoms with Crippen LogP contribution in [0.3, 0.4) is 0 Å². The summed E-state index contributed by atoms with van der Waals surface area (Å²) in [7, 11) is 1.67. The molecule has 0 spiro atoms. The molecule has 0 aliphatic heterocycles. The Morgan fingerprint density at radius 2 is 2.05 bits per heavy atom. The average molecular weight is 314 g/mol. The molecule has 1 aromatic rings. The lowest BCUT2D eigenvalue weighted by molar-refractivity contribution is 0.0733. The van der Waals surface area contributed by atoms with Crippen LogP contribution >= 0.6 is 11.3 Å². The van der Waals surface area contributed by atoms with Gasteiger partial charge in [0.25, 0.3) is 0 Å². The van der Waals surface area contributed by atoms with Crippen molar-refractivity contribution in [1.29, 1.82) is 0 Å². The van der Waals surface area contributed by atoms with Crippen LogP contribution in [0, 0.1) is 13.8 Å². The Morgan fingerprint density at radius 3 is 2.67 bits per heavy atom. The smallest absolute Gasteiger partial charge is 0.191 e. The van der Waals surface area contributed by atoms with Crippen LogP contribution in [-0.4, -0.2) is 51.0 Å². The van der Waals surface area contributed by atoms with Crippen molar-refractivity contribution in [2.75, 3.05) is 40.0 Å². The highest BCUT2D eigenvalue weighted by Gasteiger charge is 2.03. The van der Waals surface area contributed by atoms with Gasteiger partial charge in [-0.1, -0.05) is 0 Å². The first kappa shape index (κ1) is 17.9. The summed E-state index contributed by atoms with van der Waals surface area (Å²) in [4.78, 5) is 10.3. The van der Waals surface area contributed by atoms with Crippen molar-refractivity contribution in [3.63, 3.8) is 0 Å². The van der Waals surface area contributed by atoms with Gasteiger partial charge in [0.1, 0.15) is 5.01 Å². The number of guanidine groups is 1. The lowest BCUT2D eigenvalue weighted by Crippen LogP contribution is -2.39. The Balaban J connectivity index is 2.35. The van der Waals surface area contributed by atoms with E-state index in [0.29, 0.717) is 32.9 Å². The van der Waals surface area contributed by atoms with Gasteiger partial charge in [0.2, 0.25) is 0 Å². The molecule has 0 aliphatic rings. The van der Waals surface area contributed by atoms with Crippen molar-refractivity contribution in [3.8, 4) is 0 Å². The summed E-state index contributed by atoms with van der Waals surface area (Å²) in [6.07, 6.45) is 0. The number of aromatic nitrogens is 1. The summed E-state index contributed by atoms with van der Waals surface area (Å²) in [5.41, 5.74) is 1.09. The molecular formula is C14H26N4O2S. The number of nitrogens with one attached hydrogen (secondary N) is 2. The Kier molecular flexibility index (Phi) is 8.96. The van der Waals surface area contributed by atoms with Crippen LogP contribution in [-0.2, 0) is 16.0 Å². The Labute approximate surface area is 131 Å². The topological polar surface area (TPSA) is 67.8 Å². The first-order chi connectivity index (χ1) is 10.2. The van der Waals surface area contributed by atoms with Crippen LogP contribution in [0.2, 0.25) is 0 Å². The van der Waals surface area contributed by atoms with E-state index in [1.807, 2.05) is 13.8 Å². The van der Waals surface area contributed by atoms with Gasteiger partial charge in [-0.05, 0) is 20.8 Å². The number of aliphatic imine (C=N–C) groups is 1. The maximum Gasteiger partial charge on any atom is 0.191 e. The van der Waals surface area contributed by atoms with E-state index in [1.165, 1.54) is 4.88 Å². The van der Waals surface area contributed by atoms with Crippen molar-refractivity contribution in [2.45, 2.75) is 27.3 Å². The van der Waals surface area contributed by atoms with E-state index in [2.05, 4.69) is 27.5 Å². The van der Waals surface area contributed by atoms with Crippen molar-refractivity contribution in [1.82, 2.24) is 15.6 Å². The summed E-state index contributed by atoms with van der Waals surface area (Å²) in [6, 6.07) is 0.